The zero-order valence-corrected chi connectivity index (χ0v) is 15.0. The molecule has 0 aliphatic rings. The minimum Gasteiger partial charge on any atom is -0.350 e. The van der Waals surface area contributed by atoms with Gasteiger partial charge in [0.25, 0.3) is 5.91 Å². The number of fused-ring (bicyclic) bond motifs is 1. The molecule has 0 saturated heterocycles. The maximum Gasteiger partial charge on any atom is 0.251 e. The van der Waals surface area contributed by atoms with Crippen molar-refractivity contribution in [3.63, 3.8) is 0 Å². The Kier molecular flexibility index (Phi) is 4.61. The highest BCUT2D eigenvalue weighted by molar-refractivity contribution is 5.95. The van der Waals surface area contributed by atoms with Gasteiger partial charge in [0.1, 0.15) is 11.3 Å². The predicted molar refractivity (Wildman–Crippen MR) is 104 cm³/mol. The Hall–Kier alpha value is -3.54. The third kappa shape index (κ3) is 3.42. The number of hydrogen-bond donors (Lipinski definition) is 1. The van der Waals surface area contributed by atoms with Gasteiger partial charge in [-0.1, -0.05) is 18.2 Å². The lowest BCUT2D eigenvalue weighted by Gasteiger charge is -2.11. The Bertz CT molecular complexity index is 1090. The van der Waals surface area contributed by atoms with Gasteiger partial charge in [0.05, 0.1) is 0 Å². The number of nitrogens with one attached hydrogen (secondary N) is 1. The zero-order chi connectivity index (χ0) is 18.6. The maximum atomic E-state index is 12.5. The second-order valence-electron chi connectivity index (χ2n) is 6.24. The van der Waals surface area contributed by atoms with Crippen LogP contribution in [0.15, 0.2) is 67.1 Å². The number of hydrogen-bond acceptors (Lipinski definition) is 4. The van der Waals surface area contributed by atoms with Crippen LogP contribution in [-0.2, 0) is 6.54 Å². The van der Waals surface area contributed by atoms with E-state index < -0.39 is 0 Å². The molecule has 4 rings (SSSR count). The van der Waals surface area contributed by atoms with Gasteiger partial charge in [-0.25, -0.2) is 9.97 Å². The molecule has 134 valence electrons. The number of imidazole rings is 1. The van der Waals surface area contributed by atoms with Gasteiger partial charge in [-0.3, -0.25) is 9.78 Å². The molecule has 27 heavy (non-hydrogen) atoms. The summed E-state index contributed by atoms with van der Waals surface area (Å²) in [5.41, 5.74) is 4.25. The lowest BCUT2D eigenvalue weighted by Crippen LogP contribution is -2.28. The summed E-state index contributed by atoms with van der Waals surface area (Å²) in [6.07, 6.45) is 5.24. The van der Waals surface area contributed by atoms with E-state index >= 15 is 0 Å². The summed E-state index contributed by atoms with van der Waals surface area (Å²) in [5, 5.41) is 2.99. The fraction of sp³-hybridized carbons (Fsp3) is 0.143. The minimum atomic E-state index is -0.0732. The first-order chi connectivity index (χ1) is 13.2. The van der Waals surface area contributed by atoms with Gasteiger partial charge in [-0.2, -0.15) is 0 Å². The second-order valence-corrected chi connectivity index (χ2v) is 6.24. The lowest BCUT2D eigenvalue weighted by atomic mass is 10.1. The smallest absolute Gasteiger partial charge is 0.251 e. The van der Waals surface area contributed by atoms with Crippen molar-refractivity contribution in [1.82, 2.24) is 24.8 Å². The zero-order valence-electron chi connectivity index (χ0n) is 15.0. The molecule has 0 spiro atoms. The number of aromatic nitrogens is 4. The number of carbonyl (C=O) groups is 1. The number of pyridine rings is 2. The predicted octanol–water partition coefficient (Wildman–Crippen LogP) is 3.23. The average molecular weight is 357 g/mol. The largest absolute Gasteiger partial charge is 0.350 e. The fourth-order valence-corrected chi connectivity index (χ4v) is 3.10. The number of benzene rings is 1. The van der Waals surface area contributed by atoms with Crippen LogP contribution < -0.4 is 5.32 Å². The maximum absolute atomic E-state index is 12.5. The van der Waals surface area contributed by atoms with Crippen LogP contribution >= 0.6 is 0 Å². The van der Waals surface area contributed by atoms with Gasteiger partial charge in [0.15, 0.2) is 5.65 Å². The van der Waals surface area contributed by atoms with E-state index in [0.29, 0.717) is 18.7 Å². The minimum absolute atomic E-state index is 0.0732. The molecule has 0 fully saturated rings. The molecule has 0 radical (unpaired) electrons. The summed E-state index contributed by atoms with van der Waals surface area (Å²) < 4.78 is 2.03. The number of rotatable bonds is 5. The molecule has 6 heteroatoms. The number of amides is 1. The molecule has 3 heterocycles. The molecule has 0 unspecified atom stereocenters. The van der Waals surface area contributed by atoms with Gasteiger partial charge >= 0.3 is 0 Å². The van der Waals surface area contributed by atoms with Crippen LogP contribution in [0, 0.1) is 6.92 Å². The first kappa shape index (κ1) is 16.9. The third-order valence-electron chi connectivity index (χ3n) is 4.45. The third-order valence-corrected chi connectivity index (χ3v) is 4.45. The number of nitrogens with zero attached hydrogens (tertiary/aromatic N) is 4. The molecule has 6 nitrogen and oxygen atoms in total. The highest BCUT2D eigenvalue weighted by Gasteiger charge is 2.14. The van der Waals surface area contributed by atoms with Crippen LogP contribution in [0.5, 0.6) is 0 Å². The average Bonchev–Trinajstić information content (AvgIpc) is 3.08. The van der Waals surface area contributed by atoms with Crippen molar-refractivity contribution in [3.05, 3.63) is 78.2 Å². The molecule has 0 saturated carbocycles. The first-order valence-corrected chi connectivity index (χ1v) is 8.79. The summed E-state index contributed by atoms with van der Waals surface area (Å²) in [6.45, 7) is 2.99. The van der Waals surface area contributed by atoms with Crippen LogP contribution in [0.1, 0.15) is 15.9 Å². The van der Waals surface area contributed by atoms with E-state index in [4.69, 9.17) is 4.98 Å². The Morgan fingerprint density at radius 1 is 1.04 bits per heavy atom. The highest BCUT2D eigenvalue weighted by Crippen LogP contribution is 2.22. The number of aryl methyl sites for hydroxylation is 1. The quantitative estimate of drug-likeness (QED) is 0.595. The van der Waals surface area contributed by atoms with Gasteiger partial charge < -0.3 is 9.88 Å². The summed E-state index contributed by atoms with van der Waals surface area (Å²) >= 11 is 0. The number of carbonyl (C=O) groups excluding carboxylic acids is 1. The summed E-state index contributed by atoms with van der Waals surface area (Å²) in [4.78, 5) is 25.7. The standard InChI is InChI=1S/C21H19N5O/c1-15-5-2-3-6-17(15)21(27)24-13-14-26-19(16-8-11-22-12-9-16)25-18-7-4-10-23-20(18)26/h2-12H,13-14H2,1H3,(H,24,27). The SMILES string of the molecule is Cc1ccccc1C(=O)NCCn1c(-c2ccncc2)nc2cccnc21. The van der Waals surface area contributed by atoms with Crippen molar-refractivity contribution in [1.29, 1.82) is 0 Å². The Morgan fingerprint density at radius 3 is 2.67 bits per heavy atom. The Labute approximate surface area is 156 Å². The van der Waals surface area contributed by atoms with E-state index in [2.05, 4.69) is 15.3 Å². The van der Waals surface area contributed by atoms with E-state index in [1.165, 1.54) is 0 Å². The Balaban J connectivity index is 1.58. The van der Waals surface area contributed by atoms with Gasteiger partial charge in [-0.05, 0) is 42.8 Å². The normalized spacial score (nSPS) is 10.9. The molecule has 1 aromatic carbocycles. The van der Waals surface area contributed by atoms with Gasteiger partial charge in [0, 0.05) is 42.8 Å². The molecule has 0 atom stereocenters. The molecular formula is C21H19N5O. The summed E-state index contributed by atoms with van der Waals surface area (Å²) in [7, 11) is 0. The lowest BCUT2D eigenvalue weighted by molar-refractivity contribution is 0.0952. The van der Waals surface area contributed by atoms with Gasteiger partial charge in [-0.15, -0.1) is 0 Å². The van der Waals surface area contributed by atoms with Crippen molar-refractivity contribution in [2.24, 2.45) is 0 Å². The monoisotopic (exact) mass is 357 g/mol. The van der Waals surface area contributed by atoms with Gasteiger partial charge in [0.2, 0.25) is 0 Å². The molecule has 4 aromatic rings. The molecule has 0 aliphatic heterocycles. The van der Waals surface area contributed by atoms with E-state index in [0.717, 1.165) is 28.1 Å². The van der Waals surface area contributed by atoms with Crippen LogP contribution in [0.2, 0.25) is 0 Å². The second kappa shape index (κ2) is 7.37. The van der Waals surface area contributed by atoms with Crippen molar-refractivity contribution < 1.29 is 4.79 Å². The summed E-state index contributed by atoms with van der Waals surface area (Å²) in [5.74, 6) is 0.743. The van der Waals surface area contributed by atoms with Crippen molar-refractivity contribution in [3.8, 4) is 11.4 Å². The topological polar surface area (TPSA) is 72.7 Å². The highest BCUT2D eigenvalue weighted by atomic mass is 16.1. The van der Waals surface area contributed by atoms with E-state index in [1.807, 2.05) is 60.0 Å². The van der Waals surface area contributed by atoms with Crippen molar-refractivity contribution in [2.45, 2.75) is 13.5 Å². The molecule has 3 aromatic heterocycles. The van der Waals surface area contributed by atoms with Crippen LogP contribution in [0.4, 0.5) is 0 Å². The van der Waals surface area contributed by atoms with E-state index in [9.17, 15) is 4.79 Å². The Morgan fingerprint density at radius 2 is 1.85 bits per heavy atom. The molecule has 1 N–H and O–H groups in total. The summed E-state index contributed by atoms with van der Waals surface area (Å²) in [6, 6.07) is 15.2. The molecular weight excluding hydrogens is 338 g/mol. The first-order valence-electron chi connectivity index (χ1n) is 8.79. The van der Waals surface area contributed by atoms with Crippen LogP contribution in [0.3, 0.4) is 0 Å². The van der Waals surface area contributed by atoms with Crippen LogP contribution in [-0.4, -0.2) is 32.0 Å². The van der Waals surface area contributed by atoms with Crippen LogP contribution in [0.25, 0.3) is 22.6 Å². The van der Waals surface area contributed by atoms with Crippen molar-refractivity contribution in [2.75, 3.05) is 6.54 Å². The van der Waals surface area contributed by atoms with E-state index in [1.54, 1.807) is 18.6 Å². The fourth-order valence-electron chi connectivity index (χ4n) is 3.10. The molecule has 0 bridgehead atoms. The molecule has 1 amide bonds. The van der Waals surface area contributed by atoms with Crippen molar-refractivity contribution >= 4 is 17.1 Å². The molecule has 0 aliphatic carbocycles. The van der Waals surface area contributed by atoms with E-state index in [-0.39, 0.29) is 5.91 Å².